The maximum Gasteiger partial charge on any atom is 0.338 e. The van der Waals surface area contributed by atoms with Crippen molar-refractivity contribution in [2.24, 2.45) is 0 Å². The van der Waals surface area contributed by atoms with Crippen LogP contribution >= 0.6 is 11.8 Å². The number of carbonyl (C=O) groups excluding carboxylic acids is 2. The van der Waals surface area contributed by atoms with E-state index in [1.807, 2.05) is 65.3 Å². The second-order valence-corrected chi connectivity index (χ2v) is 11.6. The maximum absolute atomic E-state index is 12.3. The number of methoxy groups -OCH3 is 2. The van der Waals surface area contributed by atoms with Crippen LogP contribution in [0.5, 0.6) is 0 Å². The Labute approximate surface area is 268 Å². The lowest BCUT2D eigenvalue weighted by atomic mass is 9.99. The van der Waals surface area contributed by atoms with Crippen LogP contribution in [0.15, 0.2) is 102 Å². The van der Waals surface area contributed by atoms with Gasteiger partial charge in [0.25, 0.3) is 0 Å². The number of benzene rings is 4. The smallest absolute Gasteiger partial charge is 0.338 e. The van der Waals surface area contributed by atoms with Gasteiger partial charge in [-0.05, 0) is 51.9 Å². The summed E-state index contributed by atoms with van der Waals surface area (Å²) in [6.07, 6.45) is 4.21. The highest BCUT2D eigenvalue weighted by Crippen LogP contribution is 2.29. The van der Waals surface area contributed by atoms with E-state index in [9.17, 15) is 9.59 Å². The van der Waals surface area contributed by atoms with Crippen molar-refractivity contribution in [2.75, 3.05) is 14.2 Å². The van der Waals surface area contributed by atoms with Gasteiger partial charge in [0.1, 0.15) is 0 Å². The number of thioether (sulfide) groups is 1. The van der Waals surface area contributed by atoms with Crippen LogP contribution in [-0.2, 0) is 28.2 Å². The van der Waals surface area contributed by atoms with Crippen molar-refractivity contribution in [2.45, 2.75) is 50.1 Å². The van der Waals surface area contributed by atoms with Crippen LogP contribution in [0.1, 0.15) is 63.9 Å². The molecule has 0 aliphatic rings. The molecule has 0 unspecified atom stereocenters. The van der Waals surface area contributed by atoms with Crippen molar-refractivity contribution in [3.8, 4) is 22.3 Å². The molecule has 0 bridgehead atoms. The topological polar surface area (TPSA) is 83.3 Å². The Morgan fingerprint density at radius 2 is 1.24 bits per heavy atom. The molecule has 1 aromatic heterocycles. The summed E-state index contributed by atoms with van der Waals surface area (Å²) < 4.78 is 11.9. The van der Waals surface area contributed by atoms with Gasteiger partial charge >= 0.3 is 11.9 Å². The molecule has 5 rings (SSSR count). The van der Waals surface area contributed by atoms with Crippen molar-refractivity contribution in [1.82, 2.24) is 14.8 Å². The van der Waals surface area contributed by atoms with E-state index in [0.717, 1.165) is 75.8 Å². The first kappa shape index (κ1) is 31.7. The summed E-state index contributed by atoms with van der Waals surface area (Å²) in [7, 11) is 2.80. The van der Waals surface area contributed by atoms with Crippen LogP contribution in [0.25, 0.3) is 22.3 Å². The van der Waals surface area contributed by atoms with Crippen LogP contribution < -0.4 is 0 Å². The number of unbranched alkanes of at least 4 members (excludes halogenated alkanes) is 2. The second kappa shape index (κ2) is 15.3. The molecule has 45 heavy (non-hydrogen) atoms. The molecule has 1 heterocycles. The normalized spacial score (nSPS) is 10.9. The molecule has 7 nitrogen and oxygen atoms in total. The lowest BCUT2D eigenvalue weighted by Gasteiger charge is -2.10. The van der Waals surface area contributed by atoms with Gasteiger partial charge < -0.3 is 9.47 Å². The number of esters is 2. The Bertz CT molecular complexity index is 1750. The van der Waals surface area contributed by atoms with Crippen molar-refractivity contribution in [3.05, 3.63) is 125 Å². The first-order chi connectivity index (χ1) is 22.0. The van der Waals surface area contributed by atoms with E-state index in [2.05, 4.69) is 31.2 Å². The number of hydrogen-bond acceptors (Lipinski definition) is 7. The average Bonchev–Trinajstić information content (AvgIpc) is 3.48. The van der Waals surface area contributed by atoms with Gasteiger partial charge in [-0.1, -0.05) is 116 Å². The zero-order valence-corrected chi connectivity index (χ0v) is 26.7. The van der Waals surface area contributed by atoms with Crippen LogP contribution in [-0.4, -0.2) is 40.9 Å². The molecule has 0 fully saturated rings. The van der Waals surface area contributed by atoms with Crippen molar-refractivity contribution in [3.63, 3.8) is 0 Å². The van der Waals surface area contributed by atoms with Crippen LogP contribution in [0, 0.1) is 0 Å². The molecule has 0 aliphatic carbocycles. The molecule has 8 heteroatoms. The Kier molecular flexibility index (Phi) is 10.8. The highest BCUT2D eigenvalue weighted by atomic mass is 32.2. The number of rotatable bonds is 13. The van der Waals surface area contributed by atoms with Crippen LogP contribution in [0.4, 0.5) is 0 Å². The van der Waals surface area contributed by atoms with E-state index in [0.29, 0.717) is 17.7 Å². The molecule has 4 aromatic carbocycles. The van der Waals surface area contributed by atoms with Gasteiger partial charge in [0.05, 0.1) is 31.9 Å². The standard InChI is InChI=1S/C37H37N3O4S/c1-4-5-6-15-34-38-37(45-25-27-18-22-29(23-19-27)31-12-8-10-14-33(31)36(42)44-3)40(39-34)24-26-16-20-28(21-17-26)30-11-7-9-13-32(30)35(41)43-2/h7-14,16-23H,4-6,15,24-25H2,1-3H3. The molecule has 230 valence electrons. The lowest BCUT2D eigenvalue weighted by molar-refractivity contribution is 0.0592. The first-order valence-electron chi connectivity index (χ1n) is 15.1. The Morgan fingerprint density at radius 1 is 0.711 bits per heavy atom. The van der Waals surface area contributed by atoms with Crippen molar-refractivity contribution in [1.29, 1.82) is 0 Å². The summed E-state index contributed by atoms with van der Waals surface area (Å²) in [5, 5.41) is 5.76. The van der Waals surface area contributed by atoms with Crippen LogP contribution in [0.2, 0.25) is 0 Å². The van der Waals surface area contributed by atoms with Gasteiger partial charge in [0, 0.05) is 12.2 Å². The minimum atomic E-state index is -0.352. The minimum Gasteiger partial charge on any atom is -0.465 e. The monoisotopic (exact) mass is 619 g/mol. The fourth-order valence-corrected chi connectivity index (χ4v) is 6.07. The Hall–Kier alpha value is -4.69. The summed E-state index contributed by atoms with van der Waals surface area (Å²) in [4.78, 5) is 29.5. The molecule has 0 aliphatic heterocycles. The number of carbonyl (C=O) groups is 2. The van der Waals surface area contributed by atoms with E-state index in [-0.39, 0.29) is 11.9 Å². The van der Waals surface area contributed by atoms with Gasteiger partial charge in [0.15, 0.2) is 11.0 Å². The molecule has 0 spiro atoms. The summed E-state index contributed by atoms with van der Waals surface area (Å²) >= 11 is 1.66. The fraction of sp³-hybridized carbons (Fsp3) is 0.243. The molecule has 0 saturated heterocycles. The molecule has 0 atom stereocenters. The third-order valence-corrected chi connectivity index (χ3v) is 8.62. The average molecular weight is 620 g/mol. The molecule has 0 amide bonds. The molecular formula is C37H37N3O4S. The van der Waals surface area contributed by atoms with E-state index in [4.69, 9.17) is 19.6 Å². The summed E-state index contributed by atoms with van der Waals surface area (Å²) in [6, 6.07) is 31.4. The van der Waals surface area contributed by atoms with Gasteiger partial charge in [-0.25, -0.2) is 19.3 Å². The highest BCUT2D eigenvalue weighted by Gasteiger charge is 2.15. The third kappa shape index (κ3) is 7.88. The summed E-state index contributed by atoms with van der Waals surface area (Å²) in [6.45, 7) is 2.78. The molecule has 5 aromatic rings. The SMILES string of the molecule is CCCCCc1nc(SCc2ccc(-c3ccccc3C(=O)OC)cc2)n(Cc2ccc(-c3ccccc3C(=O)OC)cc2)n1. The molecule has 0 radical (unpaired) electrons. The van der Waals surface area contributed by atoms with Gasteiger partial charge in [-0.15, -0.1) is 0 Å². The number of aryl methyl sites for hydroxylation is 1. The van der Waals surface area contributed by atoms with Gasteiger partial charge in [0.2, 0.25) is 0 Å². The van der Waals surface area contributed by atoms with Gasteiger partial charge in [-0.2, -0.15) is 5.10 Å². The molecular weight excluding hydrogens is 582 g/mol. The number of nitrogens with zero attached hydrogens (tertiary/aromatic N) is 3. The predicted molar refractivity (Wildman–Crippen MR) is 178 cm³/mol. The molecule has 0 saturated carbocycles. The highest BCUT2D eigenvalue weighted by molar-refractivity contribution is 7.98. The number of hydrogen-bond donors (Lipinski definition) is 0. The van der Waals surface area contributed by atoms with Crippen LogP contribution in [0.3, 0.4) is 0 Å². The fourth-order valence-electron chi connectivity index (χ4n) is 5.16. The minimum absolute atomic E-state index is 0.347. The zero-order valence-electron chi connectivity index (χ0n) is 25.9. The number of aromatic nitrogens is 3. The zero-order chi connectivity index (χ0) is 31.6. The van der Waals surface area contributed by atoms with E-state index in [1.54, 1.807) is 23.9 Å². The third-order valence-electron chi connectivity index (χ3n) is 7.58. The van der Waals surface area contributed by atoms with Gasteiger partial charge in [-0.3, -0.25) is 0 Å². The largest absolute Gasteiger partial charge is 0.465 e. The van der Waals surface area contributed by atoms with E-state index in [1.165, 1.54) is 14.2 Å². The lowest BCUT2D eigenvalue weighted by Crippen LogP contribution is -2.05. The van der Waals surface area contributed by atoms with Crippen molar-refractivity contribution < 1.29 is 19.1 Å². The summed E-state index contributed by atoms with van der Waals surface area (Å²) in [5.74, 6) is 0.898. The Morgan fingerprint density at radius 3 is 1.78 bits per heavy atom. The second-order valence-electron chi connectivity index (χ2n) is 10.7. The first-order valence-corrected chi connectivity index (χ1v) is 16.1. The predicted octanol–water partition coefficient (Wildman–Crippen LogP) is 8.26. The Balaban J connectivity index is 1.32. The molecule has 0 N–H and O–H groups in total. The quantitative estimate of drug-likeness (QED) is 0.0745. The van der Waals surface area contributed by atoms with E-state index >= 15 is 0 Å². The van der Waals surface area contributed by atoms with Crippen molar-refractivity contribution >= 4 is 23.7 Å². The summed E-state index contributed by atoms with van der Waals surface area (Å²) in [5.41, 5.74) is 6.93. The maximum atomic E-state index is 12.3. The number of ether oxygens (including phenoxy) is 2. The van der Waals surface area contributed by atoms with E-state index < -0.39 is 0 Å².